The third kappa shape index (κ3) is 2.78. The van der Waals surface area contributed by atoms with Crippen LogP contribution in [0.5, 0.6) is 0 Å². The summed E-state index contributed by atoms with van der Waals surface area (Å²) in [5.41, 5.74) is 1.01. The van der Waals surface area contributed by atoms with E-state index in [0.717, 1.165) is 24.9 Å². The summed E-state index contributed by atoms with van der Waals surface area (Å²) < 4.78 is 1.97. The number of hydrogen-bond acceptors (Lipinski definition) is 2. The van der Waals surface area contributed by atoms with E-state index < -0.39 is 0 Å². The molecule has 1 heterocycles. The molecule has 1 amide bonds. The molecule has 1 aromatic heterocycles. The second-order valence-corrected chi connectivity index (χ2v) is 7.02. The lowest BCUT2D eigenvalue weighted by Crippen LogP contribution is -2.56. The van der Waals surface area contributed by atoms with Gasteiger partial charge in [0.05, 0.1) is 11.7 Å². The Bertz CT molecular complexity index is 624. The molecule has 2 aromatic rings. The predicted molar refractivity (Wildman–Crippen MR) is 86.4 cm³/mol. The number of benzene rings is 1. The molecule has 1 fully saturated rings. The van der Waals surface area contributed by atoms with Gasteiger partial charge >= 0.3 is 0 Å². The smallest absolute Gasteiger partial charge is 0.230 e. The topological polar surface area (TPSA) is 46.9 Å². The molecule has 0 unspecified atom stereocenters. The fourth-order valence-electron chi connectivity index (χ4n) is 3.72. The van der Waals surface area contributed by atoms with Crippen LogP contribution in [0, 0.1) is 5.41 Å². The van der Waals surface area contributed by atoms with Crippen LogP contribution in [0.4, 0.5) is 0 Å². The molecular formula is C18H23N3O. The highest BCUT2D eigenvalue weighted by Gasteiger charge is 2.54. The van der Waals surface area contributed by atoms with Gasteiger partial charge in [-0.1, -0.05) is 44.2 Å². The number of nitrogens with one attached hydrogen (secondary N) is 1. The van der Waals surface area contributed by atoms with E-state index in [-0.39, 0.29) is 16.7 Å². The number of nitrogens with zero attached hydrogens (tertiary/aromatic N) is 2. The lowest BCUT2D eigenvalue weighted by molar-refractivity contribution is -0.135. The van der Waals surface area contributed by atoms with Crippen LogP contribution in [-0.4, -0.2) is 22.0 Å². The van der Waals surface area contributed by atoms with Crippen LogP contribution in [0.25, 0.3) is 0 Å². The molecule has 1 aromatic carbocycles. The van der Waals surface area contributed by atoms with Crippen LogP contribution in [0.2, 0.25) is 0 Å². The van der Waals surface area contributed by atoms with Gasteiger partial charge in [-0.2, -0.15) is 0 Å². The molecule has 116 valence electrons. The molecule has 0 radical (unpaired) electrons. The van der Waals surface area contributed by atoms with Crippen molar-refractivity contribution in [1.82, 2.24) is 14.9 Å². The SMILES string of the molecule is CC1(C)CC(C(=O)NCCn2ccnc2)(c2ccccc2)C1. The van der Waals surface area contributed by atoms with Gasteiger partial charge in [-0.05, 0) is 23.8 Å². The summed E-state index contributed by atoms with van der Waals surface area (Å²) in [6.07, 6.45) is 7.24. The molecule has 1 saturated carbocycles. The number of rotatable bonds is 5. The van der Waals surface area contributed by atoms with Crippen LogP contribution < -0.4 is 5.32 Å². The van der Waals surface area contributed by atoms with Gasteiger partial charge < -0.3 is 9.88 Å². The fourth-order valence-corrected chi connectivity index (χ4v) is 3.72. The van der Waals surface area contributed by atoms with E-state index in [2.05, 4.69) is 36.3 Å². The van der Waals surface area contributed by atoms with Gasteiger partial charge in [0, 0.05) is 25.5 Å². The maximum Gasteiger partial charge on any atom is 0.230 e. The summed E-state index contributed by atoms with van der Waals surface area (Å²) in [5.74, 6) is 0.151. The molecular weight excluding hydrogens is 274 g/mol. The van der Waals surface area contributed by atoms with Gasteiger partial charge in [-0.25, -0.2) is 4.98 Å². The van der Waals surface area contributed by atoms with Crippen molar-refractivity contribution in [2.45, 2.75) is 38.6 Å². The zero-order valence-electron chi connectivity index (χ0n) is 13.2. The van der Waals surface area contributed by atoms with Crippen molar-refractivity contribution in [3.05, 3.63) is 54.6 Å². The van der Waals surface area contributed by atoms with Crippen molar-refractivity contribution < 1.29 is 4.79 Å². The predicted octanol–water partition coefficient (Wildman–Crippen LogP) is 2.76. The summed E-state index contributed by atoms with van der Waals surface area (Å²) in [7, 11) is 0. The van der Waals surface area contributed by atoms with E-state index in [1.165, 1.54) is 0 Å². The van der Waals surface area contributed by atoms with E-state index >= 15 is 0 Å². The van der Waals surface area contributed by atoms with Crippen molar-refractivity contribution in [2.24, 2.45) is 5.41 Å². The van der Waals surface area contributed by atoms with Crippen molar-refractivity contribution in [3.8, 4) is 0 Å². The molecule has 4 nitrogen and oxygen atoms in total. The van der Waals surface area contributed by atoms with E-state index in [1.807, 2.05) is 29.0 Å². The number of hydrogen-bond donors (Lipinski definition) is 1. The Labute approximate surface area is 131 Å². The summed E-state index contributed by atoms with van der Waals surface area (Å²) in [6.45, 7) is 5.84. The maximum absolute atomic E-state index is 12.8. The zero-order valence-corrected chi connectivity index (χ0v) is 13.2. The van der Waals surface area contributed by atoms with Gasteiger partial charge in [0.15, 0.2) is 0 Å². The highest BCUT2D eigenvalue weighted by Crippen LogP contribution is 2.55. The lowest BCUT2D eigenvalue weighted by Gasteiger charge is -2.52. The average molecular weight is 297 g/mol. The maximum atomic E-state index is 12.8. The van der Waals surface area contributed by atoms with E-state index in [9.17, 15) is 4.79 Å². The minimum atomic E-state index is -0.361. The monoisotopic (exact) mass is 297 g/mol. The molecule has 4 heteroatoms. The summed E-state index contributed by atoms with van der Waals surface area (Å²) >= 11 is 0. The minimum absolute atomic E-state index is 0.151. The number of imidazole rings is 1. The Kier molecular flexibility index (Phi) is 3.77. The van der Waals surface area contributed by atoms with Crippen LogP contribution in [-0.2, 0) is 16.8 Å². The van der Waals surface area contributed by atoms with Crippen molar-refractivity contribution in [2.75, 3.05) is 6.54 Å². The van der Waals surface area contributed by atoms with Crippen LogP contribution in [0.3, 0.4) is 0 Å². The first-order valence-corrected chi connectivity index (χ1v) is 7.81. The molecule has 3 rings (SSSR count). The van der Waals surface area contributed by atoms with Crippen LogP contribution >= 0.6 is 0 Å². The molecule has 0 saturated heterocycles. The van der Waals surface area contributed by atoms with E-state index in [1.54, 1.807) is 12.5 Å². The summed E-state index contributed by atoms with van der Waals surface area (Å²) in [6, 6.07) is 10.2. The van der Waals surface area contributed by atoms with Crippen LogP contribution in [0.1, 0.15) is 32.3 Å². The van der Waals surface area contributed by atoms with E-state index in [4.69, 9.17) is 0 Å². The number of amides is 1. The van der Waals surface area contributed by atoms with Crippen LogP contribution in [0.15, 0.2) is 49.1 Å². The van der Waals surface area contributed by atoms with E-state index in [0.29, 0.717) is 6.54 Å². The minimum Gasteiger partial charge on any atom is -0.354 e. The largest absolute Gasteiger partial charge is 0.354 e. The quantitative estimate of drug-likeness (QED) is 0.922. The van der Waals surface area contributed by atoms with Crippen molar-refractivity contribution in [3.63, 3.8) is 0 Å². The average Bonchev–Trinajstić information content (AvgIpc) is 2.98. The van der Waals surface area contributed by atoms with Gasteiger partial charge in [0.2, 0.25) is 5.91 Å². The molecule has 1 aliphatic rings. The first kappa shape index (κ1) is 14.8. The highest BCUT2D eigenvalue weighted by molar-refractivity contribution is 5.89. The van der Waals surface area contributed by atoms with Gasteiger partial charge in [-0.15, -0.1) is 0 Å². The first-order chi connectivity index (χ1) is 10.5. The van der Waals surface area contributed by atoms with Gasteiger partial charge in [0.25, 0.3) is 0 Å². The molecule has 22 heavy (non-hydrogen) atoms. The van der Waals surface area contributed by atoms with Crippen molar-refractivity contribution in [1.29, 1.82) is 0 Å². The second kappa shape index (κ2) is 5.59. The molecule has 0 bridgehead atoms. The Hall–Kier alpha value is -2.10. The number of carbonyl (C=O) groups is 1. The second-order valence-electron chi connectivity index (χ2n) is 7.02. The highest BCUT2D eigenvalue weighted by atomic mass is 16.2. The molecule has 0 atom stereocenters. The first-order valence-electron chi connectivity index (χ1n) is 7.81. The van der Waals surface area contributed by atoms with Crippen molar-refractivity contribution >= 4 is 5.91 Å². The standard InChI is InChI=1S/C18H23N3O/c1-17(2)12-18(13-17,15-6-4-3-5-7-15)16(22)20-9-11-21-10-8-19-14-21/h3-8,10,14H,9,11-13H2,1-2H3,(H,20,22). The Balaban J connectivity index is 1.69. The zero-order chi connectivity index (χ0) is 15.6. The number of carbonyl (C=O) groups excluding carboxylic acids is 1. The molecule has 0 spiro atoms. The van der Waals surface area contributed by atoms with Gasteiger partial charge in [0.1, 0.15) is 0 Å². The third-order valence-electron chi connectivity index (χ3n) is 4.54. The lowest BCUT2D eigenvalue weighted by atomic mass is 9.51. The Morgan fingerprint density at radius 1 is 1.27 bits per heavy atom. The summed E-state index contributed by atoms with van der Waals surface area (Å²) in [5, 5.41) is 3.11. The molecule has 1 N–H and O–H groups in total. The van der Waals surface area contributed by atoms with Gasteiger partial charge in [-0.3, -0.25) is 4.79 Å². The summed E-state index contributed by atoms with van der Waals surface area (Å²) in [4.78, 5) is 16.8. The normalized spacial score (nSPS) is 18.5. The Morgan fingerprint density at radius 2 is 2.00 bits per heavy atom. The fraction of sp³-hybridized carbons (Fsp3) is 0.444. The Morgan fingerprint density at radius 3 is 2.59 bits per heavy atom. The molecule has 0 aliphatic heterocycles. The third-order valence-corrected chi connectivity index (χ3v) is 4.54. The number of aromatic nitrogens is 2. The molecule has 1 aliphatic carbocycles.